The molecule has 0 radical (unpaired) electrons. The molecule has 3 aliphatic heterocycles. The van der Waals surface area contributed by atoms with Gasteiger partial charge in [0.2, 0.25) is 0 Å². The molecule has 4 nitrogen and oxygen atoms in total. The van der Waals surface area contributed by atoms with Gasteiger partial charge < -0.3 is 14.5 Å². The molecule has 2 atom stereocenters. The second-order valence-electron chi connectivity index (χ2n) is 9.19. The summed E-state index contributed by atoms with van der Waals surface area (Å²) in [5, 5.41) is 0. The zero-order valence-electron chi connectivity index (χ0n) is 17.0. The van der Waals surface area contributed by atoms with E-state index in [2.05, 4.69) is 39.9 Å². The molecule has 152 valence electrons. The lowest BCUT2D eigenvalue weighted by Gasteiger charge is -2.46. The van der Waals surface area contributed by atoms with Crippen LogP contribution in [0.1, 0.15) is 30.7 Å². The Bertz CT molecular complexity index is 926. The van der Waals surface area contributed by atoms with E-state index in [4.69, 9.17) is 4.74 Å². The van der Waals surface area contributed by atoms with Crippen LogP contribution in [-0.2, 0) is 0 Å². The Kier molecular flexibility index (Phi) is 3.86. The molecule has 3 heterocycles. The maximum Gasteiger partial charge on any atom is 0.123 e. The summed E-state index contributed by atoms with van der Waals surface area (Å²) in [5.74, 6) is 1.11. The third kappa shape index (κ3) is 2.74. The summed E-state index contributed by atoms with van der Waals surface area (Å²) < 4.78 is 18.9. The molecule has 0 aromatic heterocycles. The van der Waals surface area contributed by atoms with Crippen LogP contribution in [0.15, 0.2) is 42.5 Å². The summed E-state index contributed by atoms with van der Waals surface area (Å²) >= 11 is 0. The first kappa shape index (κ1) is 17.6. The minimum absolute atomic E-state index is 0.223. The highest BCUT2D eigenvalue weighted by Crippen LogP contribution is 2.57. The molecule has 1 spiro atoms. The number of ether oxygens (including phenoxy) is 1. The van der Waals surface area contributed by atoms with Crippen LogP contribution in [0.3, 0.4) is 0 Å². The minimum atomic E-state index is -0.223. The van der Waals surface area contributed by atoms with Crippen LogP contribution in [0, 0.1) is 5.82 Å². The summed E-state index contributed by atoms with van der Waals surface area (Å²) in [6, 6.07) is 13.9. The maximum atomic E-state index is 13.0. The Morgan fingerprint density at radius 2 is 1.97 bits per heavy atom. The zero-order chi connectivity index (χ0) is 19.6. The Morgan fingerprint density at radius 3 is 2.76 bits per heavy atom. The summed E-state index contributed by atoms with van der Waals surface area (Å²) in [6.45, 7) is 4.98. The van der Waals surface area contributed by atoms with E-state index in [0.717, 1.165) is 25.4 Å². The molecule has 1 aliphatic carbocycles. The van der Waals surface area contributed by atoms with E-state index in [1.807, 2.05) is 0 Å². The Hall–Kier alpha value is -2.27. The van der Waals surface area contributed by atoms with Gasteiger partial charge in [-0.25, -0.2) is 4.39 Å². The highest BCUT2D eigenvalue weighted by Gasteiger charge is 2.56. The third-order valence-electron chi connectivity index (χ3n) is 7.65. The molecule has 0 unspecified atom stereocenters. The van der Waals surface area contributed by atoms with E-state index in [9.17, 15) is 4.39 Å². The van der Waals surface area contributed by atoms with Crippen LogP contribution in [0.5, 0.6) is 5.75 Å². The molecule has 29 heavy (non-hydrogen) atoms. The van der Waals surface area contributed by atoms with E-state index < -0.39 is 0 Å². The third-order valence-corrected chi connectivity index (χ3v) is 7.65. The average molecular weight is 394 g/mol. The smallest absolute Gasteiger partial charge is 0.123 e. The van der Waals surface area contributed by atoms with Crippen molar-refractivity contribution in [3.05, 3.63) is 53.8 Å². The molecule has 1 saturated carbocycles. The molecule has 0 bridgehead atoms. The van der Waals surface area contributed by atoms with Gasteiger partial charge in [-0.3, -0.25) is 4.90 Å². The van der Waals surface area contributed by atoms with Crippen LogP contribution in [0.2, 0.25) is 0 Å². The van der Waals surface area contributed by atoms with Crippen LogP contribution in [-0.4, -0.2) is 56.3 Å². The van der Waals surface area contributed by atoms with E-state index in [1.165, 1.54) is 49.3 Å². The van der Waals surface area contributed by atoms with Crippen molar-refractivity contribution in [1.29, 1.82) is 0 Å². The molecule has 5 heteroatoms. The molecule has 4 aliphatic rings. The predicted octanol–water partition coefficient (Wildman–Crippen LogP) is 3.87. The van der Waals surface area contributed by atoms with Crippen molar-refractivity contribution in [3.63, 3.8) is 0 Å². The molecule has 0 amide bonds. The van der Waals surface area contributed by atoms with E-state index >= 15 is 0 Å². The number of benzene rings is 2. The highest BCUT2D eigenvalue weighted by molar-refractivity contribution is 5.82. The Labute approximate surface area is 171 Å². The summed E-state index contributed by atoms with van der Waals surface area (Å²) in [7, 11) is 2.29. The van der Waals surface area contributed by atoms with E-state index in [1.54, 1.807) is 17.7 Å². The van der Waals surface area contributed by atoms with Crippen molar-refractivity contribution in [3.8, 4) is 5.75 Å². The number of piperidine rings is 1. The second kappa shape index (κ2) is 6.36. The predicted molar refractivity (Wildman–Crippen MR) is 114 cm³/mol. The van der Waals surface area contributed by atoms with Crippen molar-refractivity contribution < 1.29 is 9.13 Å². The van der Waals surface area contributed by atoms with Gasteiger partial charge in [0, 0.05) is 45.2 Å². The molecular weight excluding hydrogens is 365 g/mol. The fourth-order valence-electron chi connectivity index (χ4n) is 5.82. The molecule has 6 rings (SSSR count). The first-order valence-corrected chi connectivity index (χ1v) is 10.9. The first-order chi connectivity index (χ1) is 14.1. The monoisotopic (exact) mass is 393 g/mol. The highest BCUT2D eigenvalue weighted by atomic mass is 19.1. The fourth-order valence-corrected chi connectivity index (χ4v) is 5.82. The summed E-state index contributed by atoms with van der Waals surface area (Å²) in [6.07, 6.45) is 3.87. The summed E-state index contributed by atoms with van der Waals surface area (Å²) in [5.41, 5.74) is 4.87. The number of fused-ring (bicyclic) bond motifs is 3. The van der Waals surface area contributed by atoms with E-state index in [0.29, 0.717) is 24.1 Å². The van der Waals surface area contributed by atoms with Crippen molar-refractivity contribution in [2.75, 3.05) is 49.6 Å². The van der Waals surface area contributed by atoms with Gasteiger partial charge in [-0.15, -0.1) is 0 Å². The zero-order valence-corrected chi connectivity index (χ0v) is 17.0. The van der Waals surface area contributed by atoms with Gasteiger partial charge >= 0.3 is 0 Å². The lowest BCUT2D eigenvalue weighted by atomic mass is 9.89. The van der Waals surface area contributed by atoms with Gasteiger partial charge in [0.25, 0.3) is 0 Å². The number of likely N-dealkylation sites (N-methyl/N-ethyl adjacent to an activating group) is 1. The van der Waals surface area contributed by atoms with Gasteiger partial charge in [-0.05, 0) is 55.2 Å². The lowest BCUT2D eigenvalue weighted by Crippen LogP contribution is -2.54. The number of para-hydroxylation sites is 1. The SMILES string of the molecule is CN1c2cccc3c2N(CC12CC2)[C@H]1CCN(CCOc2ccc(F)cc2)C[C@@H]31. The Balaban J connectivity index is 1.17. The largest absolute Gasteiger partial charge is 0.492 e. The van der Waals surface area contributed by atoms with Gasteiger partial charge in [0.05, 0.1) is 16.9 Å². The van der Waals surface area contributed by atoms with E-state index in [-0.39, 0.29) is 5.82 Å². The van der Waals surface area contributed by atoms with Crippen molar-refractivity contribution in [1.82, 2.24) is 4.90 Å². The molecular formula is C24H28FN3O. The van der Waals surface area contributed by atoms with Crippen LogP contribution in [0.4, 0.5) is 15.8 Å². The first-order valence-electron chi connectivity index (χ1n) is 10.9. The van der Waals surface area contributed by atoms with Gasteiger partial charge in [-0.1, -0.05) is 12.1 Å². The van der Waals surface area contributed by atoms with Gasteiger partial charge in [-0.2, -0.15) is 0 Å². The van der Waals surface area contributed by atoms with Crippen molar-refractivity contribution in [2.24, 2.45) is 0 Å². The van der Waals surface area contributed by atoms with Crippen molar-refractivity contribution in [2.45, 2.75) is 36.8 Å². The molecule has 0 N–H and O–H groups in total. The topological polar surface area (TPSA) is 19.0 Å². The maximum absolute atomic E-state index is 13.0. The summed E-state index contributed by atoms with van der Waals surface area (Å²) in [4.78, 5) is 7.86. The van der Waals surface area contributed by atoms with Gasteiger partial charge in [0.15, 0.2) is 0 Å². The molecule has 2 aromatic carbocycles. The fraction of sp³-hybridized carbons (Fsp3) is 0.500. The number of halogens is 1. The van der Waals surface area contributed by atoms with Crippen LogP contribution < -0.4 is 14.5 Å². The lowest BCUT2D eigenvalue weighted by molar-refractivity contribution is 0.160. The Morgan fingerprint density at radius 1 is 1.14 bits per heavy atom. The molecule has 1 saturated heterocycles. The van der Waals surface area contributed by atoms with Crippen molar-refractivity contribution >= 4 is 11.4 Å². The van der Waals surface area contributed by atoms with Crippen LogP contribution >= 0.6 is 0 Å². The quantitative estimate of drug-likeness (QED) is 0.785. The average Bonchev–Trinajstić information content (AvgIpc) is 3.45. The van der Waals surface area contributed by atoms with Gasteiger partial charge in [0.1, 0.15) is 18.2 Å². The number of nitrogens with zero attached hydrogens (tertiary/aromatic N) is 3. The molecule has 2 fully saturated rings. The second-order valence-corrected chi connectivity index (χ2v) is 9.19. The number of rotatable bonds is 4. The van der Waals surface area contributed by atoms with Crippen LogP contribution in [0.25, 0.3) is 0 Å². The number of anilines is 2. The number of likely N-dealkylation sites (tertiary alicyclic amines) is 1. The minimum Gasteiger partial charge on any atom is -0.492 e. The standard InChI is InChI=1S/C24H28FN3O/c1-26-22-4-2-3-19-20-15-27(13-14-29-18-7-5-17(25)6-8-18)12-9-21(20)28(23(19)22)16-24(26)10-11-24/h2-8,20-21H,9-16H2,1H3/t20-,21-/m0/s1. The molecule has 2 aromatic rings. The number of hydrogen-bond acceptors (Lipinski definition) is 4. The normalized spacial score (nSPS) is 26.4. The number of hydrogen-bond donors (Lipinski definition) is 0.